The predicted molar refractivity (Wildman–Crippen MR) is 136 cm³/mol. The van der Waals surface area contributed by atoms with Crippen molar-refractivity contribution in [2.45, 2.75) is 13.0 Å². The third-order valence-electron chi connectivity index (χ3n) is 5.53. The average molecular weight is 495 g/mol. The Morgan fingerprint density at radius 2 is 1.76 bits per heavy atom. The van der Waals surface area contributed by atoms with Crippen LogP contribution in [0, 0.1) is 23.5 Å². The molecule has 2 aromatic carbocycles. The molecule has 0 aliphatic carbocycles. The van der Waals surface area contributed by atoms with E-state index in [-0.39, 0.29) is 11.2 Å². The molecule has 1 unspecified atom stereocenters. The van der Waals surface area contributed by atoms with E-state index in [0.29, 0.717) is 34.1 Å². The topological polar surface area (TPSA) is 112 Å². The van der Waals surface area contributed by atoms with Gasteiger partial charge in [-0.1, -0.05) is 24.1 Å². The fourth-order valence-corrected chi connectivity index (χ4v) is 3.77. The van der Waals surface area contributed by atoms with Crippen LogP contribution in [0.25, 0.3) is 16.6 Å². The number of nitrogens with zero attached hydrogens (tertiary/aromatic N) is 5. The molecule has 3 heterocycles. The summed E-state index contributed by atoms with van der Waals surface area (Å²) in [4.78, 5) is 30.4. The number of aromatic nitrogens is 5. The number of nitrogens with one attached hydrogen (secondary N) is 1. The Balaban J connectivity index is 1.60. The normalized spacial score (nSPS) is 11.5. The Labute approximate surface area is 209 Å². The maximum Gasteiger partial charge on any atom is 0.266 e. The van der Waals surface area contributed by atoms with E-state index in [9.17, 15) is 13.6 Å². The van der Waals surface area contributed by atoms with Crippen molar-refractivity contribution < 1.29 is 8.78 Å². The molecule has 0 amide bonds. The molecule has 8 nitrogen and oxygen atoms in total. The van der Waals surface area contributed by atoms with Crippen molar-refractivity contribution >= 4 is 22.5 Å². The van der Waals surface area contributed by atoms with Gasteiger partial charge in [-0.3, -0.25) is 9.36 Å². The average Bonchev–Trinajstić information content (AvgIpc) is 2.90. The van der Waals surface area contributed by atoms with Crippen molar-refractivity contribution in [2.24, 2.45) is 0 Å². The molecule has 5 aromatic rings. The van der Waals surface area contributed by atoms with Gasteiger partial charge in [0, 0.05) is 0 Å². The van der Waals surface area contributed by atoms with E-state index < -0.39 is 23.2 Å². The Hall–Kier alpha value is -5.17. The molecular weight excluding hydrogens is 476 g/mol. The molecule has 0 bridgehead atoms. The van der Waals surface area contributed by atoms with E-state index in [4.69, 9.17) is 5.73 Å². The third-order valence-corrected chi connectivity index (χ3v) is 5.53. The Morgan fingerprint density at radius 3 is 2.51 bits per heavy atom. The molecule has 3 aromatic heterocycles. The highest BCUT2D eigenvalue weighted by Gasteiger charge is 2.20. The summed E-state index contributed by atoms with van der Waals surface area (Å²) in [6, 6.07) is 15.0. The number of benzene rings is 2. The minimum atomic E-state index is -0.568. The van der Waals surface area contributed by atoms with Crippen LogP contribution in [0.15, 0.2) is 78.0 Å². The lowest BCUT2D eigenvalue weighted by Crippen LogP contribution is -2.27. The van der Waals surface area contributed by atoms with E-state index in [1.165, 1.54) is 41.2 Å². The maximum absolute atomic E-state index is 13.9. The van der Waals surface area contributed by atoms with Crippen LogP contribution >= 0.6 is 0 Å². The SMILES string of the molecule is CC(Nc1ncnc(N)c1C#Cc1ccc(F)cn1)c1nc2ccc(F)cc2c(=O)n1-c1ccccc1. The van der Waals surface area contributed by atoms with Crippen LogP contribution in [0.1, 0.15) is 30.0 Å². The van der Waals surface area contributed by atoms with E-state index >= 15 is 0 Å². The summed E-state index contributed by atoms with van der Waals surface area (Å²) in [6.07, 6.45) is 2.35. The lowest BCUT2D eigenvalue weighted by Gasteiger charge is -2.20. The van der Waals surface area contributed by atoms with Crippen LogP contribution in [0.2, 0.25) is 0 Å². The van der Waals surface area contributed by atoms with Crippen LogP contribution in [0.5, 0.6) is 0 Å². The predicted octanol–water partition coefficient (Wildman–Crippen LogP) is 4.00. The second kappa shape index (κ2) is 9.83. The number of hydrogen-bond acceptors (Lipinski definition) is 7. The number of rotatable bonds is 4. The van der Waals surface area contributed by atoms with Crippen LogP contribution in [-0.4, -0.2) is 24.5 Å². The molecule has 1 atom stereocenters. The molecule has 0 spiro atoms. The molecule has 3 N–H and O–H groups in total. The zero-order valence-electron chi connectivity index (χ0n) is 19.5. The second-order valence-corrected chi connectivity index (χ2v) is 8.07. The minimum Gasteiger partial charge on any atom is -0.382 e. The zero-order chi connectivity index (χ0) is 25.9. The van der Waals surface area contributed by atoms with Crippen LogP contribution < -0.4 is 16.6 Å². The van der Waals surface area contributed by atoms with Crippen LogP contribution in [0.3, 0.4) is 0 Å². The Kier molecular flexibility index (Phi) is 6.26. The molecule has 37 heavy (non-hydrogen) atoms. The summed E-state index contributed by atoms with van der Waals surface area (Å²) >= 11 is 0. The summed E-state index contributed by atoms with van der Waals surface area (Å²) in [5.41, 5.74) is 7.23. The highest BCUT2D eigenvalue weighted by molar-refractivity contribution is 5.78. The molecule has 0 aliphatic heterocycles. The highest BCUT2D eigenvalue weighted by atomic mass is 19.1. The van der Waals surface area contributed by atoms with Crippen molar-refractivity contribution in [1.29, 1.82) is 0 Å². The zero-order valence-corrected chi connectivity index (χ0v) is 19.5. The summed E-state index contributed by atoms with van der Waals surface area (Å²) in [7, 11) is 0. The van der Waals surface area contributed by atoms with Crippen molar-refractivity contribution in [1.82, 2.24) is 24.5 Å². The maximum atomic E-state index is 13.9. The smallest absolute Gasteiger partial charge is 0.266 e. The van der Waals surface area contributed by atoms with Gasteiger partial charge >= 0.3 is 0 Å². The van der Waals surface area contributed by atoms with Crippen molar-refractivity contribution in [3.8, 4) is 17.5 Å². The standard InChI is InChI=1S/C27H19F2N7O/c1-16(34-25-21(24(30)32-15-33-25)11-10-19-9-7-18(29)14-31-19)26-35-23-12-8-17(28)13-22(23)27(37)36(26)20-5-3-2-4-6-20/h2-9,12-16H,1H3,(H3,30,32,33,34). The van der Waals surface area contributed by atoms with Crippen molar-refractivity contribution in [3.05, 3.63) is 112 Å². The van der Waals surface area contributed by atoms with Gasteiger partial charge in [-0.25, -0.2) is 28.7 Å². The van der Waals surface area contributed by atoms with E-state index in [1.54, 1.807) is 31.2 Å². The molecule has 0 saturated carbocycles. The van der Waals surface area contributed by atoms with Gasteiger partial charge in [0.25, 0.3) is 5.56 Å². The number of anilines is 2. The van der Waals surface area contributed by atoms with Gasteiger partial charge in [-0.2, -0.15) is 0 Å². The quantitative estimate of drug-likeness (QED) is 0.363. The Bertz CT molecular complexity index is 1730. The first-order valence-electron chi connectivity index (χ1n) is 11.2. The monoisotopic (exact) mass is 495 g/mol. The number of para-hydroxylation sites is 1. The van der Waals surface area contributed by atoms with Crippen LogP contribution in [-0.2, 0) is 0 Å². The van der Waals surface area contributed by atoms with Crippen molar-refractivity contribution in [3.63, 3.8) is 0 Å². The summed E-state index contributed by atoms with van der Waals surface area (Å²) < 4.78 is 28.5. The second-order valence-electron chi connectivity index (χ2n) is 8.07. The largest absolute Gasteiger partial charge is 0.382 e. The van der Waals surface area contributed by atoms with Crippen LogP contribution in [0.4, 0.5) is 20.4 Å². The lowest BCUT2D eigenvalue weighted by atomic mass is 10.2. The summed E-state index contributed by atoms with van der Waals surface area (Å²) in [6.45, 7) is 1.80. The highest BCUT2D eigenvalue weighted by Crippen LogP contribution is 2.24. The molecule has 0 aliphatic rings. The van der Waals surface area contributed by atoms with E-state index in [2.05, 4.69) is 37.1 Å². The number of nitrogens with two attached hydrogens (primary N) is 1. The number of fused-ring (bicyclic) bond motifs is 1. The molecule has 0 saturated heterocycles. The first-order chi connectivity index (χ1) is 17.9. The van der Waals surface area contributed by atoms with Crippen molar-refractivity contribution in [2.75, 3.05) is 11.1 Å². The molecule has 0 fully saturated rings. The van der Waals surface area contributed by atoms with Gasteiger partial charge in [0.05, 0.1) is 28.8 Å². The van der Waals surface area contributed by atoms with E-state index in [0.717, 1.165) is 6.20 Å². The van der Waals surface area contributed by atoms with Gasteiger partial charge in [-0.05, 0) is 55.3 Å². The van der Waals surface area contributed by atoms with Gasteiger partial charge in [0.1, 0.15) is 46.7 Å². The van der Waals surface area contributed by atoms with Gasteiger partial charge in [-0.15, -0.1) is 0 Å². The summed E-state index contributed by atoms with van der Waals surface area (Å²) in [5, 5.41) is 3.37. The van der Waals surface area contributed by atoms with Gasteiger partial charge in [0.15, 0.2) is 0 Å². The summed E-state index contributed by atoms with van der Waals surface area (Å²) in [5.74, 6) is 5.52. The van der Waals surface area contributed by atoms with Gasteiger partial charge < -0.3 is 11.1 Å². The molecule has 5 rings (SSSR count). The number of halogens is 2. The number of pyridine rings is 1. The molecule has 182 valence electrons. The number of nitrogen functional groups attached to an aromatic ring is 1. The lowest BCUT2D eigenvalue weighted by molar-refractivity contribution is 0.621. The molecular formula is C27H19F2N7O. The first-order valence-corrected chi connectivity index (χ1v) is 11.2. The Morgan fingerprint density at radius 1 is 0.973 bits per heavy atom. The minimum absolute atomic E-state index is 0.127. The van der Waals surface area contributed by atoms with E-state index in [1.807, 2.05) is 6.07 Å². The molecule has 10 heteroatoms. The third kappa shape index (κ3) is 4.83. The number of hydrogen-bond donors (Lipinski definition) is 2. The molecule has 0 radical (unpaired) electrons. The fourth-order valence-electron chi connectivity index (χ4n) is 3.77. The fraction of sp³-hybridized carbons (Fsp3) is 0.0741. The first kappa shape index (κ1) is 23.6. The van der Waals surface area contributed by atoms with Gasteiger partial charge in [0.2, 0.25) is 0 Å².